The van der Waals surface area contributed by atoms with Crippen LogP contribution in [0, 0.1) is 5.82 Å². The first-order valence-electron chi connectivity index (χ1n) is 6.20. The van der Waals surface area contributed by atoms with Gasteiger partial charge in [0, 0.05) is 23.3 Å². The van der Waals surface area contributed by atoms with Crippen molar-refractivity contribution in [3.8, 4) is 5.75 Å². The van der Waals surface area contributed by atoms with Gasteiger partial charge in [0.15, 0.2) is 11.6 Å². The summed E-state index contributed by atoms with van der Waals surface area (Å²) in [5, 5.41) is 3.87. The van der Waals surface area contributed by atoms with Crippen molar-refractivity contribution in [3.05, 3.63) is 58.9 Å². The lowest BCUT2D eigenvalue weighted by molar-refractivity contribution is 0.386. The van der Waals surface area contributed by atoms with E-state index in [4.69, 9.17) is 22.1 Å². The summed E-state index contributed by atoms with van der Waals surface area (Å²) in [4.78, 5) is 0. The average molecular weight is 295 g/mol. The van der Waals surface area contributed by atoms with Gasteiger partial charge in [0.1, 0.15) is 0 Å². The van der Waals surface area contributed by atoms with E-state index in [9.17, 15) is 4.39 Å². The number of ether oxygens (including phenoxy) is 1. The van der Waals surface area contributed by atoms with Crippen LogP contribution in [0.3, 0.4) is 0 Å². The van der Waals surface area contributed by atoms with E-state index in [0.717, 1.165) is 11.3 Å². The third kappa shape index (κ3) is 3.21. The summed E-state index contributed by atoms with van der Waals surface area (Å²) in [5.41, 5.74) is 7.42. The summed E-state index contributed by atoms with van der Waals surface area (Å²) in [6, 6.07) is 11.9. The first-order chi connectivity index (χ1) is 9.65. The lowest BCUT2D eigenvalue weighted by Crippen LogP contribution is -2.21. The summed E-state index contributed by atoms with van der Waals surface area (Å²) in [6.07, 6.45) is 0. The van der Waals surface area contributed by atoms with Crippen molar-refractivity contribution in [2.24, 2.45) is 5.73 Å². The molecule has 0 aromatic heterocycles. The molecular formula is C15H16ClFN2O. The Kier molecular flexibility index (Phi) is 4.82. The zero-order chi connectivity index (χ0) is 14.5. The monoisotopic (exact) mass is 294 g/mol. The van der Waals surface area contributed by atoms with Crippen LogP contribution in [0.5, 0.6) is 5.75 Å². The molecule has 106 valence electrons. The molecule has 0 aliphatic rings. The van der Waals surface area contributed by atoms with E-state index < -0.39 is 5.82 Å². The lowest BCUT2D eigenvalue weighted by Gasteiger charge is -2.20. The van der Waals surface area contributed by atoms with Crippen molar-refractivity contribution in [3.63, 3.8) is 0 Å². The van der Waals surface area contributed by atoms with Gasteiger partial charge in [-0.1, -0.05) is 29.8 Å². The highest BCUT2D eigenvalue weighted by atomic mass is 35.5. The highest BCUT2D eigenvalue weighted by Gasteiger charge is 2.13. The van der Waals surface area contributed by atoms with E-state index >= 15 is 0 Å². The van der Waals surface area contributed by atoms with Crippen LogP contribution in [-0.4, -0.2) is 13.7 Å². The highest BCUT2D eigenvalue weighted by Crippen LogP contribution is 2.28. The fourth-order valence-corrected chi connectivity index (χ4v) is 2.24. The molecule has 0 spiro atoms. The van der Waals surface area contributed by atoms with Crippen LogP contribution >= 0.6 is 11.6 Å². The van der Waals surface area contributed by atoms with E-state index in [-0.39, 0.29) is 11.8 Å². The molecule has 0 aliphatic heterocycles. The van der Waals surface area contributed by atoms with Crippen LogP contribution in [-0.2, 0) is 0 Å². The largest absolute Gasteiger partial charge is 0.494 e. The van der Waals surface area contributed by atoms with Crippen molar-refractivity contribution < 1.29 is 9.13 Å². The Bertz CT molecular complexity index is 592. The van der Waals surface area contributed by atoms with Crippen LogP contribution < -0.4 is 15.8 Å². The molecular weight excluding hydrogens is 279 g/mol. The summed E-state index contributed by atoms with van der Waals surface area (Å²) in [7, 11) is 1.43. The Hall–Kier alpha value is -1.78. The molecule has 0 saturated carbocycles. The molecule has 20 heavy (non-hydrogen) atoms. The predicted octanol–water partition coefficient (Wildman–Crippen LogP) is 3.60. The maximum atomic E-state index is 13.4. The number of halogens is 2. The van der Waals surface area contributed by atoms with Gasteiger partial charge in [-0.15, -0.1) is 0 Å². The smallest absolute Gasteiger partial charge is 0.165 e. The second-order valence-electron chi connectivity index (χ2n) is 4.30. The van der Waals surface area contributed by atoms with Crippen molar-refractivity contribution >= 4 is 17.3 Å². The predicted molar refractivity (Wildman–Crippen MR) is 79.8 cm³/mol. The third-order valence-electron chi connectivity index (χ3n) is 3.01. The molecule has 3 N–H and O–H groups in total. The zero-order valence-electron chi connectivity index (χ0n) is 11.1. The molecule has 2 rings (SSSR count). The quantitative estimate of drug-likeness (QED) is 0.886. The first-order valence-corrected chi connectivity index (χ1v) is 6.58. The van der Waals surface area contributed by atoms with Gasteiger partial charge in [0.25, 0.3) is 0 Å². The van der Waals surface area contributed by atoms with Crippen LogP contribution in [0.1, 0.15) is 11.6 Å². The summed E-state index contributed by atoms with van der Waals surface area (Å²) >= 11 is 6.17. The Morgan fingerprint density at radius 1 is 1.30 bits per heavy atom. The molecule has 0 saturated heterocycles. The lowest BCUT2D eigenvalue weighted by atomic mass is 10.1. The maximum Gasteiger partial charge on any atom is 0.165 e. The van der Waals surface area contributed by atoms with Crippen molar-refractivity contribution in [1.29, 1.82) is 0 Å². The van der Waals surface area contributed by atoms with Crippen molar-refractivity contribution in [2.45, 2.75) is 6.04 Å². The molecule has 1 atom stereocenters. The number of nitrogens with two attached hydrogens (primary N) is 1. The van der Waals surface area contributed by atoms with Gasteiger partial charge in [0.05, 0.1) is 13.2 Å². The molecule has 3 nitrogen and oxygen atoms in total. The molecule has 0 heterocycles. The van der Waals surface area contributed by atoms with Gasteiger partial charge in [-0.3, -0.25) is 0 Å². The standard InChI is InChI=1S/C15H16ClFN2O/c1-20-15-8-10(6-7-13(15)17)19-14(9-18)11-4-2-3-5-12(11)16/h2-8,14,19H,9,18H2,1H3. The molecule has 0 fully saturated rings. The minimum Gasteiger partial charge on any atom is -0.494 e. The van der Waals surface area contributed by atoms with Crippen LogP contribution in [0.25, 0.3) is 0 Å². The number of nitrogens with one attached hydrogen (secondary N) is 1. The van der Waals surface area contributed by atoms with E-state index in [1.165, 1.54) is 13.2 Å². The average Bonchev–Trinajstić information content (AvgIpc) is 2.47. The molecule has 2 aromatic rings. The number of rotatable bonds is 5. The molecule has 0 radical (unpaired) electrons. The van der Waals surface area contributed by atoms with Crippen LogP contribution in [0.2, 0.25) is 5.02 Å². The van der Waals surface area contributed by atoms with E-state index in [2.05, 4.69) is 5.32 Å². The topological polar surface area (TPSA) is 47.3 Å². The second-order valence-corrected chi connectivity index (χ2v) is 4.71. The number of anilines is 1. The van der Waals surface area contributed by atoms with Gasteiger partial charge < -0.3 is 15.8 Å². The normalized spacial score (nSPS) is 12.0. The van der Waals surface area contributed by atoms with Crippen molar-refractivity contribution in [1.82, 2.24) is 0 Å². The van der Waals surface area contributed by atoms with Gasteiger partial charge in [0.2, 0.25) is 0 Å². The molecule has 2 aromatic carbocycles. The molecule has 0 amide bonds. The number of methoxy groups -OCH3 is 1. The number of benzene rings is 2. The Balaban J connectivity index is 2.25. The zero-order valence-corrected chi connectivity index (χ0v) is 11.8. The molecule has 1 unspecified atom stereocenters. The van der Waals surface area contributed by atoms with Crippen molar-refractivity contribution in [2.75, 3.05) is 19.0 Å². The SMILES string of the molecule is COc1cc(NC(CN)c2ccccc2Cl)ccc1F. The number of hydrogen-bond acceptors (Lipinski definition) is 3. The Morgan fingerprint density at radius 2 is 2.05 bits per heavy atom. The van der Waals surface area contributed by atoms with Gasteiger partial charge in [-0.25, -0.2) is 4.39 Å². The van der Waals surface area contributed by atoms with Gasteiger partial charge in [-0.2, -0.15) is 0 Å². The van der Waals surface area contributed by atoms with Gasteiger partial charge in [-0.05, 0) is 23.8 Å². The minimum absolute atomic E-state index is 0.154. The number of hydrogen-bond donors (Lipinski definition) is 2. The highest BCUT2D eigenvalue weighted by molar-refractivity contribution is 6.31. The molecule has 0 aliphatic carbocycles. The fraction of sp³-hybridized carbons (Fsp3) is 0.200. The van der Waals surface area contributed by atoms with Crippen LogP contribution in [0.4, 0.5) is 10.1 Å². The maximum absolute atomic E-state index is 13.4. The van der Waals surface area contributed by atoms with E-state index in [1.807, 2.05) is 24.3 Å². The van der Waals surface area contributed by atoms with E-state index in [0.29, 0.717) is 11.6 Å². The summed E-state index contributed by atoms with van der Waals surface area (Å²) in [5.74, 6) is -0.218. The minimum atomic E-state index is -0.403. The molecule has 0 bridgehead atoms. The Labute approximate surface area is 122 Å². The third-order valence-corrected chi connectivity index (χ3v) is 3.35. The summed E-state index contributed by atoms with van der Waals surface area (Å²) in [6.45, 7) is 0.365. The molecule has 5 heteroatoms. The summed E-state index contributed by atoms with van der Waals surface area (Å²) < 4.78 is 18.3. The second kappa shape index (κ2) is 6.59. The fourth-order valence-electron chi connectivity index (χ4n) is 1.97. The van der Waals surface area contributed by atoms with E-state index in [1.54, 1.807) is 12.1 Å². The Morgan fingerprint density at radius 3 is 2.70 bits per heavy atom. The first kappa shape index (κ1) is 14.6. The van der Waals surface area contributed by atoms with Crippen LogP contribution in [0.15, 0.2) is 42.5 Å². The van der Waals surface area contributed by atoms with Gasteiger partial charge >= 0.3 is 0 Å².